The van der Waals surface area contributed by atoms with Crippen LogP contribution in [-0.2, 0) is 0 Å². The van der Waals surface area contributed by atoms with E-state index in [2.05, 4.69) is 15.0 Å². The quantitative estimate of drug-likeness (QED) is 0.847. The van der Waals surface area contributed by atoms with Crippen molar-refractivity contribution in [3.63, 3.8) is 0 Å². The van der Waals surface area contributed by atoms with Gasteiger partial charge in [-0.05, 0) is 35.4 Å². The molecule has 0 aliphatic carbocycles. The Balaban J connectivity index is 1.91. The number of piperazine rings is 1. The van der Waals surface area contributed by atoms with Crippen LogP contribution in [0.1, 0.15) is 17.2 Å². The largest absolute Gasteiger partial charge is 0.573 e. The predicted molar refractivity (Wildman–Crippen MR) is 85.8 cm³/mol. The summed E-state index contributed by atoms with van der Waals surface area (Å²) in [7, 11) is 0. The fourth-order valence-electron chi connectivity index (χ4n) is 3.08. The number of hydrogen-bond donors (Lipinski definition) is 1. The summed E-state index contributed by atoms with van der Waals surface area (Å²) < 4.78 is 54.6. The number of ether oxygens (including phenoxy) is 1. The normalized spacial score (nSPS) is 17.3. The number of halogens is 4. The van der Waals surface area contributed by atoms with Crippen molar-refractivity contribution in [3.8, 4) is 5.75 Å². The summed E-state index contributed by atoms with van der Waals surface area (Å²) in [5.41, 5.74) is 1.56. The molecule has 2 aromatic rings. The fraction of sp³-hybridized carbons (Fsp3) is 0.333. The third-order valence-corrected chi connectivity index (χ3v) is 4.11. The second-order valence-corrected chi connectivity index (χ2v) is 5.86. The second-order valence-electron chi connectivity index (χ2n) is 5.86. The van der Waals surface area contributed by atoms with Crippen molar-refractivity contribution in [2.24, 2.45) is 0 Å². The van der Waals surface area contributed by atoms with Crippen molar-refractivity contribution in [2.75, 3.05) is 26.2 Å². The molecule has 1 N–H and O–H groups in total. The van der Waals surface area contributed by atoms with E-state index >= 15 is 0 Å². The van der Waals surface area contributed by atoms with Gasteiger partial charge in [0.1, 0.15) is 11.6 Å². The van der Waals surface area contributed by atoms with Gasteiger partial charge in [0.05, 0.1) is 6.04 Å². The van der Waals surface area contributed by atoms with Gasteiger partial charge in [0, 0.05) is 26.2 Å². The molecule has 3 nitrogen and oxygen atoms in total. The van der Waals surface area contributed by atoms with Crippen LogP contribution in [0.4, 0.5) is 17.6 Å². The minimum atomic E-state index is -4.72. The molecular formula is C18H18F4N2O. The first-order valence-electron chi connectivity index (χ1n) is 7.98. The van der Waals surface area contributed by atoms with Crippen LogP contribution in [0, 0.1) is 5.82 Å². The van der Waals surface area contributed by atoms with Crippen LogP contribution in [0.5, 0.6) is 5.75 Å². The molecule has 1 aliphatic rings. The van der Waals surface area contributed by atoms with Gasteiger partial charge < -0.3 is 10.1 Å². The zero-order valence-electron chi connectivity index (χ0n) is 13.4. The molecule has 25 heavy (non-hydrogen) atoms. The molecule has 0 amide bonds. The topological polar surface area (TPSA) is 24.5 Å². The number of alkyl halides is 3. The SMILES string of the molecule is Fc1cccc([C@H](c2ccc(OC(F)(F)F)cc2)N2CCNCC2)c1. The molecular weight excluding hydrogens is 336 g/mol. The van der Waals surface area contributed by atoms with E-state index in [0.717, 1.165) is 37.3 Å². The average molecular weight is 354 g/mol. The summed E-state index contributed by atoms with van der Waals surface area (Å²) in [6.07, 6.45) is -4.72. The van der Waals surface area contributed by atoms with Crippen molar-refractivity contribution in [1.29, 1.82) is 0 Å². The molecule has 3 rings (SSSR count). The number of nitrogens with one attached hydrogen (secondary N) is 1. The summed E-state index contributed by atoms with van der Waals surface area (Å²) in [5, 5.41) is 3.26. The lowest BCUT2D eigenvalue weighted by Crippen LogP contribution is -2.45. The highest BCUT2D eigenvalue weighted by atomic mass is 19.4. The zero-order valence-corrected chi connectivity index (χ0v) is 13.4. The van der Waals surface area contributed by atoms with E-state index in [9.17, 15) is 17.6 Å². The standard InChI is InChI=1S/C18H18F4N2O/c19-15-3-1-2-14(12-15)17(24-10-8-23-9-11-24)13-4-6-16(7-5-13)25-18(20,21)22/h1-7,12,17,23H,8-11H2/t17-/m0/s1. The van der Waals surface area contributed by atoms with Crippen LogP contribution in [0.15, 0.2) is 48.5 Å². The Morgan fingerprint density at radius 3 is 2.24 bits per heavy atom. The lowest BCUT2D eigenvalue weighted by Gasteiger charge is -2.35. The summed E-state index contributed by atoms with van der Waals surface area (Å²) in [6.45, 7) is 3.14. The maximum Gasteiger partial charge on any atom is 0.573 e. The molecule has 1 saturated heterocycles. The highest BCUT2D eigenvalue weighted by Crippen LogP contribution is 2.31. The summed E-state index contributed by atoms with van der Waals surface area (Å²) >= 11 is 0. The van der Waals surface area contributed by atoms with E-state index in [0.29, 0.717) is 0 Å². The molecule has 1 heterocycles. The summed E-state index contributed by atoms with van der Waals surface area (Å²) in [6, 6.07) is 11.9. The molecule has 7 heteroatoms. The number of benzene rings is 2. The van der Waals surface area contributed by atoms with Crippen molar-refractivity contribution in [3.05, 3.63) is 65.5 Å². The number of hydrogen-bond acceptors (Lipinski definition) is 3. The van der Waals surface area contributed by atoms with Gasteiger partial charge in [-0.2, -0.15) is 0 Å². The second kappa shape index (κ2) is 7.41. The lowest BCUT2D eigenvalue weighted by atomic mass is 9.96. The van der Waals surface area contributed by atoms with Gasteiger partial charge in [0.25, 0.3) is 0 Å². The maximum atomic E-state index is 13.7. The van der Waals surface area contributed by atoms with E-state index < -0.39 is 6.36 Å². The number of rotatable bonds is 4. The highest BCUT2D eigenvalue weighted by Gasteiger charge is 2.31. The smallest absolute Gasteiger partial charge is 0.406 e. The van der Waals surface area contributed by atoms with E-state index in [1.54, 1.807) is 18.2 Å². The van der Waals surface area contributed by atoms with Gasteiger partial charge in [-0.3, -0.25) is 4.90 Å². The van der Waals surface area contributed by atoms with E-state index in [1.165, 1.54) is 24.3 Å². The molecule has 0 unspecified atom stereocenters. The Morgan fingerprint density at radius 2 is 1.64 bits per heavy atom. The monoisotopic (exact) mass is 354 g/mol. The molecule has 1 fully saturated rings. The third-order valence-electron chi connectivity index (χ3n) is 4.11. The van der Waals surface area contributed by atoms with Crippen molar-refractivity contribution in [2.45, 2.75) is 12.4 Å². The first-order valence-corrected chi connectivity index (χ1v) is 7.98. The predicted octanol–water partition coefficient (Wildman–Crippen LogP) is 3.72. The Hall–Kier alpha value is -2.12. The van der Waals surface area contributed by atoms with Crippen molar-refractivity contribution in [1.82, 2.24) is 10.2 Å². The highest BCUT2D eigenvalue weighted by molar-refractivity contribution is 5.36. The Labute approximate surface area is 143 Å². The zero-order chi connectivity index (χ0) is 17.9. The molecule has 2 aromatic carbocycles. The Kier molecular flexibility index (Phi) is 5.24. The van der Waals surface area contributed by atoms with Crippen LogP contribution < -0.4 is 10.1 Å². The first-order chi connectivity index (χ1) is 11.9. The molecule has 0 bridgehead atoms. The molecule has 0 spiro atoms. The molecule has 0 aromatic heterocycles. The summed E-state index contributed by atoms with van der Waals surface area (Å²) in [4.78, 5) is 2.19. The molecule has 0 radical (unpaired) electrons. The van der Waals surface area contributed by atoms with Gasteiger partial charge in [0.2, 0.25) is 0 Å². The van der Waals surface area contributed by atoms with Gasteiger partial charge in [-0.1, -0.05) is 24.3 Å². The minimum Gasteiger partial charge on any atom is -0.406 e. The van der Waals surface area contributed by atoms with Crippen LogP contribution >= 0.6 is 0 Å². The fourth-order valence-corrected chi connectivity index (χ4v) is 3.08. The van der Waals surface area contributed by atoms with Crippen LogP contribution in [0.25, 0.3) is 0 Å². The minimum absolute atomic E-state index is 0.224. The molecule has 1 aliphatic heterocycles. The molecule has 1 atom stereocenters. The van der Waals surface area contributed by atoms with Crippen LogP contribution in [0.2, 0.25) is 0 Å². The van der Waals surface area contributed by atoms with Crippen molar-refractivity contribution >= 4 is 0 Å². The van der Waals surface area contributed by atoms with E-state index in [4.69, 9.17) is 0 Å². The van der Waals surface area contributed by atoms with Gasteiger partial charge in [-0.25, -0.2) is 4.39 Å². The molecule has 134 valence electrons. The maximum absolute atomic E-state index is 13.7. The first kappa shape index (κ1) is 17.7. The molecule has 0 saturated carbocycles. The Morgan fingerprint density at radius 1 is 0.960 bits per heavy atom. The van der Waals surface area contributed by atoms with E-state index in [-0.39, 0.29) is 17.6 Å². The summed E-state index contributed by atoms with van der Waals surface area (Å²) in [5.74, 6) is -0.607. The number of nitrogens with zero attached hydrogens (tertiary/aromatic N) is 1. The average Bonchev–Trinajstić information content (AvgIpc) is 2.56. The van der Waals surface area contributed by atoms with Crippen LogP contribution in [0.3, 0.4) is 0 Å². The van der Waals surface area contributed by atoms with Gasteiger partial charge in [-0.15, -0.1) is 13.2 Å². The Bertz CT molecular complexity index is 697. The van der Waals surface area contributed by atoms with Gasteiger partial charge in [0.15, 0.2) is 0 Å². The van der Waals surface area contributed by atoms with Gasteiger partial charge >= 0.3 is 6.36 Å². The van der Waals surface area contributed by atoms with Crippen molar-refractivity contribution < 1.29 is 22.3 Å². The van der Waals surface area contributed by atoms with Crippen LogP contribution in [-0.4, -0.2) is 37.4 Å². The van der Waals surface area contributed by atoms with E-state index in [1.807, 2.05) is 6.07 Å². The lowest BCUT2D eigenvalue weighted by molar-refractivity contribution is -0.274. The third kappa shape index (κ3) is 4.70.